The van der Waals surface area contributed by atoms with Crippen LogP contribution < -0.4 is 0 Å². The minimum atomic E-state index is 0.0783. The minimum absolute atomic E-state index is 0.0783. The first-order valence-corrected chi connectivity index (χ1v) is 5.36. The number of hydrogen-bond acceptors (Lipinski definition) is 1. The molecule has 0 aromatic rings. The summed E-state index contributed by atoms with van der Waals surface area (Å²) in [6.07, 6.45) is 3.72. The first-order chi connectivity index (χ1) is 6.44. The van der Waals surface area contributed by atoms with E-state index >= 15 is 0 Å². The van der Waals surface area contributed by atoms with Crippen molar-refractivity contribution in [1.82, 2.24) is 4.90 Å². The van der Waals surface area contributed by atoms with Gasteiger partial charge in [-0.15, -0.1) is 0 Å². The quantitative estimate of drug-likeness (QED) is 0.589. The Bertz CT molecular complexity index is 232. The molecular formula is C12H21NO. The summed E-state index contributed by atoms with van der Waals surface area (Å²) < 4.78 is 0. The molecule has 0 bridgehead atoms. The number of nitrogens with zero attached hydrogens (tertiary/aromatic N) is 1. The fourth-order valence-corrected chi connectivity index (χ4v) is 2.34. The zero-order valence-electron chi connectivity index (χ0n) is 9.55. The van der Waals surface area contributed by atoms with Crippen LogP contribution in [0.4, 0.5) is 0 Å². The van der Waals surface area contributed by atoms with Gasteiger partial charge in [-0.25, -0.2) is 0 Å². The van der Waals surface area contributed by atoms with Crippen LogP contribution in [0.2, 0.25) is 0 Å². The van der Waals surface area contributed by atoms with E-state index in [1.54, 1.807) is 0 Å². The van der Waals surface area contributed by atoms with Gasteiger partial charge in [0.05, 0.1) is 0 Å². The maximum Gasteiger partial charge on any atom is 0.245 e. The fraction of sp³-hybridized carbons (Fsp3) is 0.750. The van der Waals surface area contributed by atoms with Gasteiger partial charge in [-0.3, -0.25) is 4.79 Å². The van der Waals surface area contributed by atoms with E-state index in [0.29, 0.717) is 11.3 Å². The second kappa shape index (κ2) is 4.16. The van der Waals surface area contributed by atoms with Crippen molar-refractivity contribution in [3.63, 3.8) is 0 Å². The Morgan fingerprint density at radius 1 is 1.57 bits per heavy atom. The van der Waals surface area contributed by atoms with Crippen molar-refractivity contribution in [1.29, 1.82) is 0 Å². The van der Waals surface area contributed by atoms with Crippen LogP contribution in [0.3, 0.4) is 0 Å². The number of rotatable bonds is 1. The Labute approximate surface area is 87.0 Å². The second-order valence-corrected chi connectivity index (χ2v) is 5.21. The zero-order valence-corrected chi connectivity index (χ0v) is 9.55. The second-order valence-electron chi connectivity index (χ2n) is 5.21. The van der Waals surface area contributed by atoms with Crippen LogP contribution in [-0.4, -0.2) is 23.9 Å². The van der Waals surface area contributed by atoms with Crippen molar-refractivity contribution in [3.8, 4) is 0 Å². The Balaban J connectivity index is 2.67. The minimum Gasteiger partial charge on any atom is -0.339 e. The van der Waals surface area contributed by atoms with Gasteiger partial charge in [-0.1, -0.05) is 27.4 Å². The van der Waals surface area contributed by atoms with Gasteiger partial charge in [-0.05, 0) is 30.3 Å². The van der Waals surface area contributed by atoms with E-state index in [1.807, 2.05) is 4.90 Å². The summed E-state index contributed by atoms with van der Waals surface area (Å²) in [5.41, 5.74) is 0.371. The smallest absolute Gasteiger partial charge is 0.245 e. The maximum absolute atomic E-state index is 11.5. The lowest BCUT2D eigenvalue weighted by Crippen LogP contribution is -2.32. The molecule has 1 atom stereocenters. The highest BCUT2D eigenvalue weighted by atomic mass is 16.2. The zero-order chi connectivity index (χ0) is 10.8. The highest BCUT2D eigenvalue weighted by Gasteiger charge is 2.28. The molecule has 0 saturated carbocycles. The lowest BCUT2D eigenvalue weighted by Gasteiger charge is -2.23. The fourth-order valence-electron chi connectivity index (χ4n) is 2.34. The topological polar surface area (TPSA) is 20.3 Å². The monoisotopic (exact) mass is 195 g/mol. The molecule has 0 radical (unpaired) electrons. The summed E-state index contributed by atoms with van der Waals surface area (Å²) in [6.45, 7) is 12.1. The number of amides is 1. The molecule has 0 N–H and O–H groups in total. The highest BCUT2D eigenvalue weighted by molar-refractivity contribution is 5.87. The van der Waals surface area contributed by atoms with Crippen LogP contribution in [0.15, 0.2) is 12.7 Å². The normalized spacial score (nSPS) is 26.8. The molecule has 0 aliphatic carbocycles. The van der Waals surface area contributed by atoms with Gasteiger partial charge >= 0.3 is 0 Å². The van der Waals surface area contributed by atoms with Gasteiger partial charge in [0.1, 0.15) is 0 Å². The first kappa shape index (κ1) is 11.3. The predicted octanol–water partition coefficient (Wildman–Crippen LogP) is 2.46. The molecule has 2 heteroatoms. The van der Waals surface area contributed by atoms with E-state index in [1.165, 1.54) is 12.5 Å². The molecule has 1 unspecified atom stereocenters. The van der Waals surface area contributed by atoms with Gasteiger partial charge in [0, 0.05) is 13.1 Å². The van der Waals surface area contributed by atoms with Crippen LogP contribution >= 0.6 is 0 Å². The Kier molecular flexibility index (Phi) is 3.35. The number of carbonyl (C=O) groups is 1. The molecule has 1 amide bonds. The highest BCUT2D eigenvalue weighted by Crippen LogP contribution is 2.32. The first-order valence-electron chi connectivity index (χ1n) is 5.36. The van der Waals surface area contributed by atoms with Gasteiger partial charge in [0.25, 0.3) is 0 Å². The SMILES string of the molecule is C=CC(=O)N1CCC(C)(C)CC(C)C1. The Morgan fingerprint density at radius 3 is 2.79 bits per heavy atom. The molecule has 1 rings (SSSR count). The van der Waals surface area contributed by atoms with Crippen molar-refractivity contribution >= 4 is 5.91 Å². The molecule has 1 aliphatic rings. The number of hydrogen-bond donors (Lipinski definition) is 0. The van der Waals surface area contributed by atoms with E-state index in [-0.39, 0.29) is 5.91 Å². The van der Waals surface area contributed by atoms with E-state index in [0.717, 1.165) is 19.5 Å². The molecule has 0 aromatic carbocycles. The average Bonchev–Trinajstić information content (AvgIpc) is 2.22. The number of likely N-dealkylation sites (tertiary alicyclic amines) is 1. The lowest BCUT2D eigenvalue weighted by atomic mass is 9.82. The molecule has 2 nitrogen and oxygen atoms in total. The molecule has 1 heterocycles. The Hall–Kier alpha value is -0.790. The summed E-state index contributed by atoms with van der Waals surface area (Å²) in [7, 11) is 0. The van der Waals surface area contributed by atoms with Crippen LogP contribution in [0.5, 0.6) is 0 Å². The van der Waals surface area contributed by atoms with Crippen LogP contribution in [0.1, 0.15) is 33.6 Å². The van der Waals surface area contributed by atoms with Gasteiger partial charge in [0.15, 0.2) is 0 Å². The maximum atomic E-state index is 11.5. The van der Waals surface area contributed by atoms with E-state index < -0.39 is 0 Å². The van der Waals surface area contributed by atoms with Gasteiger partial charge in [0.2, 0.25) is 5.91 Å². The third-order valence-corrected chi connectivity index (χ3v) is 2.98. The van der Waals surface area contributed by atoms with Crippen molar-refractivity contribution in [2.24, 2.45) is 11.3 Å². The van der Waals surface area contributed by atoms with Crippen molar-refractivity contribution < 1.29 is 4.79 Å². The van der Waals surface area contributed by atoms with Crippen LogP contribution in [0.25, 0.3) is 0 Å². The third kappa shape index (κ3) is 2.86. The Morgan fingerprint density at radius 2 is 2.21 bits per heavy atom. The summed E-state index contributed by atoms with van der Waals surface area (Å²) >= 11 is 0. The summed E-state index contributed by atoms with van der Waals surface area (Å²) in [5, 5.41) is 0. The van der Waals surface area contributed by atoms with E-state index in [2.05, 4.69) is 27.4 Å². The molecule has 0 spiro atoms. The standard InChI is InChI=1S/C12H21NO/c1-5-11(14)13-7-6-12(3,4)8-10(2)9-13/h5,10H,1,6-9H2,2-4H3. The summed E-state index contributed by atoms with van der Waals surface area (Å²) in [6, 6.07) is 0. The molecular weight excluding hydrogens is 174 g/mol. The molecule has 1 aliphatic heterocycles. The largest absolute Gasteiger partial charge is 0.339 e. The van der Waals surface area contributed by atoms with Crippen LogP contribution in [0, 0.1) is 11.3 Å². The van der Waals surface area contributed by atoms with E-state index in [4.69, 9.17) is 0 Å². The molecule has 1 saturated heterocycles. The van der Waals surface area contributed by atoms with Crippen LogP contribution in [-0.2, 0) is 4.79 Å². The number of carbonyl (C=O) groups excluding carboxylic acids is 1. The van der Waals surface area contributed by atoms with Gasteiger partial charge in [-0.2, -0.15) is 0 Å². The predicted molar refractivity (Wildman–Crippen MR) is 59.0 cm³/mol. The molecule has 80 valence electrons. The van der Waals surface area contributed by atoms with Crippen molar-refractivity contribution in [3.05, 3.63) is 12.7 Å². The average molecular weight is 195 g/mol. The van der Waals surface area contributed by atoms with Gasteiger partial charge < -0.3 is 4.90 Å². The molecule has 1 fully saturated rings. The van der Waals surface area contributed by atoms with Crippen molar-refractivity contribution in [2.75, 3.05) is 13.1 Å². The molecule has 14 heavy (non-hydrogen) atoms. The van der Waals surface area contributed by atoms with Crippen molar-refractivity contribution in [2.45, 2.75) is 33.6 Å². The molecule has 0 aromatic heterocycles. The lowest BCUT2D eigenvalue weighted by molar-refractivity contribution is -0.126. The third-order valence-electron chi connectivity index (χ3n) is 2.98. The summed E-state index contributed by atoms with van der Waals surface area (Å²) in [4.78, 5) is 13.4. The van der Waals surface area contributed by atoms with E-state index in [9.17, 15) is 4.79 Å². The summed E-state index contributed by atoms with van der Waals surface area (Å²) in [5.74, 6) is 0.672.